The molecule has 0 fully saturated rings. The van der Waals surface area contributed by atoms with Crippen molar-refractivity contribution in [1.82, 2.24) is 0 Å². The largest absolute Gasteiger partial charge is 0.573 e. The number of hydrogen-bond acceptors (Lipinski definition) is 4. The number of ether oxygens (including phenoxy) is 2. The number of alkyl halides is 3. The summed E-state index contributed by atoms with van der Waals surface area (Å²) in [6.07, 6.45) is -4.92. The second-order valence-corrected chi connectivity index (χ2v) is 2.76. The van der Waals surface area contributed by atoms with Gasteiger partial charge in [-0.2, -0.15) is 0 Å². The molecule has 7 heteroatoms. The predicted octanol–water partition coefficient (Wildman–Crippen LogP) is 1.95. The number of benzene rings is 1. The van der Waals surface area contributed by atoms with E-state index in [0.29, 0.717) is 0 Å². The van der Waals surface area contributed by atoms with E-state index in [1.807, 2.05) is 0 Å². The van der Waals surface area contributed by atoms with Crippen molar-refractivity contribution in [1.29, 1.82) is 0 Å². The minimum atomic E-state index is -4.92. The van der Waals surface area contributed by atoms with Crippen LogP contribution < -0.4 is 10.5 Å². The molecule has 0 saturated carbocycles. The van der Waals surface area contributed by atoms with Gasteiger partial charge in [0.1, 0.15) is 5.56 Å². The highest BCUT2D eigenvalue weighted by Crippen LogP contribution is 2.32. The molecule has 0 atom stereocenters. The maximum absolute atomic E-state index is 12.0. The molecule has 1 aromatic carbocycles. The Bertz CT molecular complexity index is 403. The van der Waals surface area contributed by atoms with Crippen LogP contribution in [0.2, 0.25) is 0 Å². The lowest BCUT2D eigenvalue weighted by molar-refractivity contribution is -0.274. The van der Waals surface area contributed by atoms with Gasteiger partial charge in [0.05, 0.1) is 12.8 Å². The fourth-order valence-electron chi connectivity index (χ4n) is 1.06. The van der Waals surface area contributed by atoms with Crippen LogP contribution in [0.1, 0.15) is 10.4 Å². The Morgan fingerprint density at radius 1 is 1.38 bits per heavy atom. The van der Waals surface area contributed by atoms with E-state index in [4.69, 9.17) is 5.73 Å². The van der Waals surface area contributed by atoms with Crippen molar-refractivity contribution < 1.29 is 27.4 Å². The molecule has 88 valence electrons. The lowest BCUT2D eigenvalue weighted by atomic mass is 10.2. The molecule has 0 aliphatic rings. The number of nitrogen functional groups attached to an aromatic ring is 1. The van der Waals surface area contributed by atoms with E-state index in [1.54, 1.807) is 0 Å². The second kappa shape index (κ2) is 4.30. The van der Waals surface area contributed by atoms with E-state index in [-0.39, 0.29) is 11.3 Å². The van der Waals surface area contributed by atoms with Gasteiger partial charge in [0.25, 0.3) is 0 Å². The molecule has 0 heterocycles. The Hall–Kier alpha value is -1.92. The number of methoxy groups -OCH3 is 1. The van der Waals surface area contributed by atoms with Gasteiger partial charge in [-0.25, -0.2) is 4.79 Å². The van der Waals surface area contributed by atoms with Crippen LogP contribution in [0.3, 0.4) is 0 Å². The van der Waals surface area contributed by atoms with Crippen LogP contribution in [-0.4, -0.2) is 19.4 Å². The van der Waals surface area contributed by atoms with Gasteiger partial charge in [-0.1, -0.05) is 6.07 Å². The minimum Gasteiger partial charge on any atom is -0.465 e. The molecule has 0 saturated heterocycles. The second-order valence-electron chi connectivity index (χ2n) is 2.76. The lowest BCUT2D eigenvalue weighted by Gasteiger charge is -2.13. The molecule has 1 aromatic rings. The first-order valence-corrected chi connectivity index (χ1v) is 4.07. The molecule has 1 rings (SSSR count). The zero-order chi connectivity index (χ0) is 12.3. The molecular formula is C9H8F3NO3. The number of para-hydroxylation sites is 1. The molecule has 0 amide bonds. The molecule has 0 aliphatic heterocycles. The van der Waals surface area contributed by atoms with E-state index >= 15 is 0 Å². The van der Waals surface area contributed by atoms with Gasteiger partial charge in [0.15, 0.2) is 5.75 Å². The number of hydrogen-bond donors (Lipinski definition) is 1. The maximum atomic E-state index is 12.0. The SMILES string of the molecule is COC(=O)c1cccc(N)c1OC(F)(F)F. The third kappa shape index (κ3) is 2.78. The Morgan fingerprint density at radius 3 is 2.50 bits per heavy atom. The third-order valence-electron chi connectivity index (χ3n) is 1.67. The third-order valence-corrected chi connectivity index (χ3v) is 1.67. The molecule has 0 aliphatic carbocycles. The number of esters is 1. The van der Waals surface area contributed by atoms with Gasteiger partial charge in [0.2, 0.25) is 0 Å². The number of nitrogens with two attached hydrogens (primary N) is 1. The summed E-state index contributed by atoms with van der Waals surface area (Å²) in [4.78, 5) is 11.1. The van der Waals surface area contributed by atoms with Crippen molar-refractivity contribution >= 4 is 11.7 Å². The highest BCUT2D eigenvalue weighted by molar-refractivity contribution is 5.94. The average Bonchev–Trinajstić information content (AvgIpc) is 2.18. The van der Waals surface area contributed by atoms with Gasteiger partial charge in [-0.15, -0.1) is 13.2 Å². The van der Waals surface area contributed by atoms with Crippen LogP contribution in [-0.2, 0) is 4.74 Å². The molecular weight excluding hydrogens is 227 g/mol. The zero-order valence-corrected chi connectivity index (χ0v) is 8.17. The molecule has 16 heavy (non-hydrogen) atoms. The summed E-state index contributed by atoms with van der Waals surface area (Å²) in [6.45, 7) is 0. The fraction of sp³-hybridized carbons (Fsp3) is 0.222. The average molecular weight is 235 g/mol. The van der Waals surface area contributed by atoms with Crippen molar-refractivity contribution in [2.45, 2.75) is 6.36 Å². The molecule has 0 aromatic heterocycles. The van der Waals surface area contributed by atoms with E-state index in [9.17, 15) is 18.0 Å². The fourth-order valence-corrected chi connectivity index (χ4v) is 1.06. The Balaban J connectivity index is 3.19. The summed E-state index contributed by atoms with van der Waals surface area (Å²) >= 11 is 0. The molecule has 0 bridgehead atoms. The molecule has 0 radical (unpaired) electrons. The number of carbonyl (C=O) groups excluding carboxylic acids is 1. The van der Waals surface area contributed by atoms with Gasteiger partial charge in [-0.05, 0) is 12.1 Å². The Kier molecular flexibility index (Phi) is 3.26. The monoisotopic (exact) mass is 235 g/mol. The van der Waals surface area contributed by atoms with Crippen LogP contribution in [0.15, 0.2) is 18.2 Å². The zero-order valence-electron chi connectivity index (χ0n) is 8.17. The highest BCUT2D eigenvalue weighted by atomic mass is 19.4. The quantitative estimate of drug-likeness (QED) is 0.628. The van der Waals surface area contributed by atoms with Gasteiger partial charge < -0.3 is 15.2 Å². The van der Waals surface area contributed by atoms with Crippen molar-refractivity contribution in [2.75, 3.05) is 12.8 Å². The van der Waals surface area contributed by atoms with Crippen molar-refractivity contribution in [2.24, 2.45) is 0 Å². The predicted molar refractivity (Wildman–Crippen MR) is 48.9 cm³/mol. The smallest absolute Gasteiger partial charge is 0.465 e. The van der Waals surface area contributed by atoms with E-state index in [0.717, 1.165) is 13.2 Å². The van der Waals surface area contributed by atoms with Crippen LogP contribution >= 0.6 is 0 Å². The van der Waals surface area contributed by atoms with Crippen LogP contribution in [0.4, 0.5) is 18.9 Å². The Morgan fingerprint density at radius 2 is 2.00 bits per heavy atom. The molecule has 0 spiro atoms. The van der Waals surface area contributed by atoms with Crippen LogP contribution in [0, 0.1) is 0 Å². The summed E-state index contributed by atoms with van der Waals surface area (Å²) < 4.78 is 44.1. The highest BCUT2D eigenvalue weighted by Gasteiger charge is 2.34. The van der Waals surface area contributed by atoms with Crippen molar-refractivity contribution in [3.05, 3.63) is 23.8 Å². The standard InChI is InChI=1S/C9H8F3NO3/c1-15-8(14)5-3-2-4-6(13)7(5)16-9(10,11)12/h2-4H,13H2,1H3. The summed E-state index contributed by atoms with van der Waals surface area (Å²) in [6, 6.07) is 3.64. The van der Waals surface area contributed by atoms with Crippen molar-refractivity contribution in [3.63, 3.8) is 0 Å². The van der Waals surface area contributed by atoms with E-state index < -0.39 is 18.1 Å². The van der Waals surface area contributed by atoms with Crippen LogP contribution in [0.25, 0.3) is 0 Å². The van der Waals surface area contributed by atoms with Crippen molar-refractivity contribution in [3.8, 4) is 5.75 Å². The summed E-state index contributed by atoms with van der Waals surface area (Å²) in [5.74, 6) is -1.70. The van der Waals surface area contributed by atoms with E-state index in [2.05, 4.69) is 9.47 Å². The first kappa shape index (κ1) is 12.2. The lowest BCUT2D eigenvalue weighted by Crippen LogP contribution is -2.20. The van der Waals surface area contributed by atoms with Gasteiger partial charge in [0, 0.05) is 0 Å². The minimum absolute atomic E-state index is 0.291. The number of halogens is 3. The summed E-state index contributed by atoms with van der Waals surface area (Å²) in [5.41, 5.74) is 4.62. The molecule has 4 nitrogen and oxygen atoms in total. The van der Waals surface area contributed by atoms with Gasteiger partial charge >= 0.3 is 12.3 Å². The molecule has 2 N–H and O–H groups in total. The number of carbonyl (C=O) groups is 1. The van der Waals surface area contributed by atoms with Gasteiger partial charge in [-0.3, -0.25) is 0 Å². The maximum Gasteiger partial charge on any atom is 0.573 e. The topological polar surface area (TPSA) is 61.5 Å². The summed E-state index contributed by atoms with van der Waals surface area (Å²) in [7, 11) is 1.04. The first-order valence-electron chi connectivity index (χ1n) is 4.07. The first-order chi connectivity index (χ1) is 7.35. The molecule has 0 unspecified atom stereocenters. The Labute approximate surface area is 88.8 Å². The summed E-state index contributed by atoms with van der Waals surface area (Å²) in [5, 5.41) is 0. The normalized spacial score (nSPS) is 11.0. The van der Waals surface area contributed by atoms with Crippen LogP contribution in [0.5, 0.6) is 5.75 Å². The number of anilines is 1. The van der Waals surface area contributed by atoms with E-state index in [1.165, 1.54) is 12.1 Å². The number of rotatable bonds is 2.